The third-order valence-corrected chi connectivity index (χ3v) is 3.92. The molecule has 4 N–H and O–H groups in total. The van der Waals surface area contributed by atoms with E-state index in [1.165, 1.54) is 30.3 Å². The second kappa shape index (κ2) is 7.06. The normalized spacial score (nSPS) is 11.8. The number of amides is 2. The summed E-state index contributed by atoms with van der Waals surface area (Å²) >= 11 is 0. The van der Waals surface area contributed by atoms with Gasteiger partial charge < -0.3 is 10.8 Å². The molecule has 0 aliphatic rings. The molecular weight excluding hydrogens is 377 g/mol. The minimum atomic E-state index is -4.75. The van der Waals surface area contributed by atoms with Crippen molar-refractivity contribution in [2.75, 3.05) is 0 Å². The molecule has 0 aliphatic heterocycles. The van der Waals surface area contributed by atoms with Crippen molar-refractivity contribution >= 4 is 23.0 Å². The van der Waals surface area contributed by atoms with Crippen LogP contribution in [0.4, 0.5) is 18.0 Å². The first-order chi connectivity index (χ1) is 13.2. The van der Waals surface area contributed by atoms with Gasteiger partial charge in [-0.05, 0) is 18.2 Å². The second-order valence-corrected chi connectivity index (χ2v) is 5.67. The van der Waals surface area contributed by atoms with E-state index in [9.17, 15) is 27.9 Å². The highest BCUT2D eigenvalue weighted by Gasteiger charge is 2.34. The summed E-state index contributed by atoms with van der Waals surface area (Å²) in [5.74, 6) is -0.768. The number of nitrogens with one attached hydrogen (secondary N) is 1. The van der Waals surface area contributed by atoms with Crippen molar-refractivity contribution in [2.45, 2.75) is 6.18 Å². The molecule has 0 atom stereocenters. The molecule has 0 bridgehead atoms. The summed E-state index contributed by atoms with van der Waals surface area (Å²) in [4.78, 5) is 23.7. The number of rotatable bonds is 3. The average molecular weight is 390 g/mol. The number of aromatic hydroxyl groups is 1. The van der Waals surface area contributed by atoms with E-state index in [1.807, 2.05) is 5.43 Å². The molecule has 10 heteroatoms. The Morgan fingerprint density at radius 3 is 2.36 bits per heavy atom. The number of urea groups is 1. The molecule has 3 rings (SSSR count). The number of carbonyl (C=O) groups is 1. The minimum Gasteiger partial charge on any atom is -0.494 e. The van der Waals surface area contributed by atoms with E-state index in [0.29, 0.717) is 4.57 Å². The number of hydrogen-bond donors (Lipinski definition) is 3. The Hall–Kier alpha value is -3.82. The Bertz CT molecular complexity index is 1150. The van der Waals surface area contributed by atoms with Crippen molar-refractivity contribution in [2.24, 2.45) is 10.8 Å². The number of pyridine rings is 1. The van der Waals surface area contributed by atoms with Gasteiger partial charge in [0.05, 0.1) is 23.0 Å². The maximum Gasteiger partial charge on any atom is 0.418 e. The number of carbonyl (C=O) groups excluding carboxylic acids is 1. The second-order valence-electron chi connectivity index (χ2n) is 5.67. The predicted molar refractivity (Wildman–Crippen MR) is 96.5 cm³/mol. The highest BCUT2D eigenvalue weighted by Crippen LogP contribution is 2.35. The van der Waals surface area contributed by atoms with E-state index >= 15 is 0 Å². The van der Waals surface area contributed by atoms with Crippen LogP contribution in [0.1, 0.15) is 11.1 Å². The Labute approximate surface area is 155 Å². The lowest BCUT2D eigenvalue weighted by molar-refractivity contribution is -0.137. The minimum absolute atomic E-state index is 0.0535. The lowest BCUT2D eigenvalue weighted by Crippen LogP contribution is -2.25. The van der Waals surface area contributed by atoms with E-state index < -0.39 is 34.9 Å². The van der Waals surface area contributed by atoms with Gasteiger partial charge in [0.25, 0.3) is 5.56 Å². The summed E-state index contributed by atoms with van der Waals surface area (Å²) in [5.41, 5.74) is 4.29. The molecular formula is C18H13F3N4O3. The predicted octanol–water partition coefficient (Wildman–Crippen LogP) is 2.72. The standard InChI is InChI=1S/C18H13F3N4O3/c19-18(20,21)13-7-3-4-8-14(13)25-15(26)11-6-2-1-5-10(11)12(16(25)27)9-23-24-17(22)28/h1-9,27H,(H3,22,24,28). The quantitative estimate of drug-likeness (QED) is 0.472. The Morgan fingerprint density at radius 2 is 1.71 bits per heavy atom. The first-order valence-electron chi connectivity index (χ1n) is 7.83. The van der Waals surface area contributed by atoms with Gasteiger partial charge in [-0.1, -0.05) is 30.3 Å². The van der Waals surface area contributed by atoms with Crippen molar-refractivity contribution in [3.8, 4) is 11.6 Å². The maximum absolute atomic E-state index is 13.4. The molecule has 0 unspecified atom stereocenters. The zero-order valence-corrected chi connectivity index (χ0v) is 14.1. The number of aromatic nitrogens is 1. The van der Waals surface area contributed by atoms with Crippen LogP contribution in [0.25, 0.3) is 16.5 Å². The Balaban J connectivity index is 2.39. The Kier molecular flexibility index (Phi) is 4.78. The SMILES string of the molecule is NC(=O)NN=Cc1c(O)n(-c2ccccc2C(F)(F)F)c(=O)c2ccccc12. The van der Waals surface area contributed by atoms with Gasteiger partial charge in [0.1, 0.15) is 0 Å². The monoisotopic (exact) mass is 390 g/mol. The lowest BCUT2D eigenvalue weighted by atomic mass is 10.1. The maximum atomic E-state index is 13.4. The summed E-state index contributed by atoms with van der Waals surface area (Å²) < 4.78 is 40.8. The van der Waals surface area contributed by atoms with E-state index in [-0.39, 0.29) is 16.3 Å². The van der Waals surface area contributed by atoms with Crippen LogP contribution in [0.3, 0.4) is 0 Å². The zero-order valence-electron chi connectivity index (χ0n) is 14.1. The van der Waals surface area contributed by atoms with Crippen LogP contribution in [-0.4, -0.2) is 21.9 Å². The fourth-order valence-corrected chi connectivity index (χ4v) is 2.78. The molecule has 0 saturated carbocycles. The molecule has 2 amide bonds. The average Bonchev–Trinajstić information content (AvgIpc) is 2.64. The molecule has 0 saturated heterocycles. The molecule has 3 aromatic rings. The summed E-state index contributed by atoms with van der Waals surface area (Å²) in [7, 11) is 0. The summed E-state index contributed by atoms with van der Waals surface area (Å²) in [6.45, 7) is 0. The number of para-hydroxylation sites is 1. The molecule has 28 heavy (non-hydrogen) atoms. The van der Waals surface area contributed by atoms with Crippen LogP contribution >= 0.6 is 0 Å². The molecule has 1 aromatic heterocycles. The van der Waals surface area contributed by atoms with Gasteiger partial charge in [-0.3, -0.25) is 4.79 Å². The van der Waals surface area contributed by atoms with Crippen LogP contribution in [-0.2, 0) is 6.18 Å². The third-order valence-electron chi connectivity index (χ3n) is 3.92. The van der Waals surface area contributed by atoms with Gasteiger partial charge in [0, 0.05) is 10.8 Å². The van der Waals surface area contributed by atoms with Crippen molar-refractivity contribution in [3.63, 3.8) is 0 Å². The van der Waals surface area contributed by atoms with Crippen LogP contribution < -0.4 is 16.7 Å². The van der Waals surface area contributed by atoms with Crippen LogP contribution in [0, 0.1) is 0 Å². The molecule has 1 heterocycles. The van der Waals surface area contributed by atoms with E-state index in [4.69, 9.17) is 5.73 Å². The van der Waals surface area contributed by atoms with Gasteiger partial charge in [-0.2, -0.15) is 18.3 Å². The number of hydrazone groups is 1. The summed E-state index contributed by atoms with van der Waals surface area (Å²) in [6, 6.07) is 9.39. The number of primary amides is 1. The Morgan fingerprint density at radius 1 is 1.11 bits per heavy atom. The van der Waals surface area contributed by atoms with E-state index in [1.54, 1.807) is 6.07 Å². The number of fused-ring (bicyclic) bond motifs is 1. The van der Waals surface area contributed by atoms with Gasteiger partial charge in [-0.15, -0.1) is 0 Å². The fourth-order valence-electron chi connectivity index (χ4n) is 2.78. The van der Waals surface area contributed by atoms with Crippen LogP contribution in [0.5, 0.6) is 5.88 Å². The lowest BCUT2D eigenvalue weighted by Gasteiger charge is -2.17. The smallest absolute Gasteiger partial charge is 0.418 e. The van der Waals surface area contributed by atoms with Crippen LogP contribution in [0.2, 0.25) is 0 Å². The molecule has 0 fully saturated rings. The van der Waals surface area contributed by atoms with E-state index in [2.05, 4.69) is 5.10 Å². The highest BCUT2D eigenvalue weighted by molar-refractivity contribution is 6.02. The van der Waals surface area contributed by atoms with E-state index in [0.717, 1.165) is 18.3 Å². The van der Waals surface area contributed by atoms with Crippen molar-refractivity contribution in [1.29, 1.82) is 0 Å². The zero-order chi connectivity index (χ0) is 20.5. The van der Waals surface area contributed by atoms with Crippen molar-refractivity contribution in [3.05, 3.63) is 70.0 Å². The van der Waals surface area contributed by atoms with Gasteiger partial charge in [-0.25, -0.2) is 14.8 Å². The number of nitrogens with zero attached hydrogens (tertiary/aromatic N) is 2. The first-order valence-corrected chi connectivity index (χ1v) is 7.83. The van der Waals surface area contributed by atoms with Crippen molar-refractivity contribution < 1.29 is 23.1 Å². The molecule has 0 aliphatic carbocycles. The molecule has 0 radical (unpaired) electrons. The van der Waals surface area contributed by atoms with Crippen LogP contribution in [0.15, 0.2) is 58.4 Å². The van der Waals surface area contributed by atoms with Crippen molar-refractivity contribution in [1.82, 2.24) is 9.99 Å². The third kappa shape index (κ3) is 3.39. The van der Waals surface area contributed by atoms with Gasteiger partial charge in [0.15, 0.2) is 0 Å². The fraction of sp³-hybridized carbons (Fsp3) is 0.0556. The summed E-state index contributed by atoms with van der Waals surface area (Å²) in [6.07, 6.45) is -3.76. The number of hydrogen-bond acceptors (Lipinski definition) is 4. The number of halogens is 3. The molecule has 0 spiro atoms. The summed E-state index contributed by atoms with van der Waals surface area (Å²) in [5, 5.41) is 14.5. The number of alkyl halides is 3. The highest BCUT2D eigenvalue weighted by atomic mass is 19.4. The topological polar surface area (TPSA) is 110 Å². The van der Waals surface area contributed by atoms with Gasteiger partial charge >= 0.3 is 12.2 Å². The first kappa shape index (κ1) is 19.0. The molecule has 144 valence electrons. The van der Waals surface area contributed by atoms with Gasteiger partial charge in [0.2, 0.25) is 5.88 Å². The number of nitrogens with two attached hydrogens (primary N) is 1. The molecule has 7 nitrogen and oxygen atoms in total. The largest absolute Gasteiger partial charge is 0.494 e. The number of benzene rings is 2. The molecule has 2 aromatic carbocycles.